The van der Waals surface area contributed by atoms with Crippen molar-refractivity contribution in [3.63, 3.8) is 0 Å². The first kappa shape index (κ1) is 12.4. The van der Waals surface area contributed by atoms with E-state index < -0.39 is 0 Å². The lowest BCUT2D eigenvalue weighted by Crippen LogP contribution is -2.14. The highest BCUT2D eigenvalue weighted by atomic mass is 32.2. The van der Waals surface area contributed by atoms with Gasteiger partial charge in [0.05, 0.1) is 0 Å². The van der Waals surface area contributed by atoms with Gasteiger partial charge in [0.2, 0.25) is 0 Å². The Morgan fingerprint density at radius 2 is 2.00 bits per heavy atom. The molecule has 1 aromatic carbocycles. The molecule has 2 aromatic rings. The van der Waals surface area contributed by atoms with Crippen LogP contribution >= 0.6 is 11.8 Å². The van der Waals surface area contributed by atoms with Gasteiger partial charge in [-0.2, -0.15) is 0 Å². The summed E-state index contributed by atoms with van der Waals surface area (Å²) in [4.78, 5) is 5.57. The second-order valence-corrected chi connectivity index (χ2v) is 4.53. The Labute approximate surface area is 107 Å². The maximum Gasteiger partial charge on any atom is 0.171 e. The van der Waals surface area contributed by atoms with Crippen LogP contribution in [-0.2, 0) is 0 Å². The SMILES string of the molecule is N/C(=N/O)c1ccncc1Sc1ccc(F)cc1. The molecular weight excluding hydrogens is 253 g/mol. The number of pyridine rings is 1. The number of benzene rings is 1. The summed E-state index contributed by atoms with van der Waals surface area (Å²) in [6, 6.07) is 7.72. The molecule has 92 valence electrons. The lowest BCUT2D eigenvalue weighted by molar-refractivity contribution is 0.318. The minimum atomic E-state index is -0.290. The molecule has 0 aliphatic rings. The van der Waals surface area contributed by atoms with Crippen molar-refractivity contribution in [2.45, 2.75) is 9.79 Å². The van der Waals surface area contributed by atoms with Crippen molar-refractivity contribution >= 4 is 17.6 Å². The van der Waals surface area contributed by atoms with Crippen LogP contribution in [0.5, 0.6) is 0 Å². The average molecular weight is 263 g/mol. The van der Waals surface area contributed by atoms with Gasteiger partial charge in [-0.15, -0.1) is 0 Å². The molecule has 3 N–H and O–H groups in total. The fraction of sp³-hybridized carbons (Fsp3) is 0. The number of hydrogen-bond acceptors (Lipinski definition) is 4. The molecule has 0 aliphatic carbocycles. The summed E-state index contributed by atoms with van der Waals surface area (Å²) in [5, 5.41) is 11.7. The van der Waals surface area contributed by atoms with Gasteiger partial charge in [-0.05, 0) is 30.3 Å². The average Bonchev–Trinajstić information content (AvgIpc) is 2.41. The summed E-state index contributed by atoms with van der Waals surface area (Å²) in [6.07, 6.45) is 3.17. The number of aromatic nitrogens is 1. The quantitative estimate of drug-likeness (QED) is 0.386. The van der Waals surface area contributed by atoms with Gasteiger partial charge in [-0.3, -0.25) is 4.98 Å². The second kappa shape index (κ2) is 5.50. The van der Waals surface area contributed by atoms with Crippen molar-refractivity contribution in [2.24, 2.45) is 10.9 Å². The van der Waals surface area contributed by atoms with E-state index in [0.29, 0.717) is 5.56 Å². The molecule has 0 bridgehead atoms. The molecule has 1 heterocycles. The molecule has 6 heteroatoms. The van der Waals surface area contributed by atoms with E-state index in [-0.39, 0.29) is 11.7 Å². The molecular formula is C12H10FN3OS. The van der Waals surface area contributed by atoms with Crippen LogP contribution < -0.4 is 5.73 Å². The summed E-state index contributed by atoms with van der Waals surface area (Å²) in [6.45, 7) is 0. The molecule has 4 nitrogen and oxygen atoms in total. The molecule has 1 aromatic heterocycles. The Morgan fingerprint density at radius 1 is 1.28 bits per heavy atom. The van der Waals surface area contributed by atoms with Crippen molar-refractivity contribution in [2.75, 3.05) is 0 Å². The summed E-state index contributed by atoms with van der Waals surface area (Å²) in [7, 11) is 0. The number of nitrogens with zero attached hydrogens (tertiary/aromatic N) is 2. The maximum atomic E-state index is 12.8. The van der Waals surface area contributed by atoms with Crippen LogP contribution in [0.25, 0.3) is 0 Å². The first-order valence-electron chi connectivity index (χ1n) is 5.06. The van der Waals surface area contributed by atoms with Gasteiger partial charge in [0, 0.05) is 27.7 Å². The van der Waals surface area contributed by atoms with Crippen molar-refractivity contribution in [3.05, 3.63) is 54.1 Å². The minimum absolute atomic E-state index is 0.0158. The normalized spacial score (nSPS) is 11.5. The molecule has 0 saturated carbocycles. The van der Waals surface area contributed by atoms with E-state index in [2.05, 4.69) is 10.1 Å². The molecule has 0 amide bonds. The largest absolute Gasteiger partial charge is 0.409 e. The minimum Gasteiger partial charge on any atom is -0.409 e. The van der Waals surface area contributed by atoms with Crippen LogP contribution in [-0.4, -0.2) is 16.0 Å². The third-order valence-electron chi connectivity index (χ3n) is 2.21. The zero-order valence-corrected chi connectivity index (χ0v) is 10.1. The van der Waals surface area contributed by atoms with Crippen LogP contribution in [0.3, 0.4) is 0 Å². The van der Waals surface area contributed by atoms with E-state index in [1.54, 1.807) is 30.6 Å². The van der Waals surface area contributed by atoms with Gasteiger partial charge in [-0.1, -0.05) is 16.9 Å². The zero-order chi connectivity index (χ0) is 13.0. The third kappa shape index (κ3) is 2.78. The van der Waals surface area contributed by atoms with E-state index in [9.17, 15) is 4.39 Å². The van der Waals surface area contributed by atoms with E-state index >= 15 is 0 Å². The standard InChI is InChI=1S/C12H10FN3OS/c13-8-1-3-9(4-2-8)18-11-7-15-6-5-10(11)12(14)16-17/h1-7,17H,(H2,14,16). The van der Waals surface area contributed by atoms with Gasteiger partial charge in [-0.25, -0.2) is 4.39 Å². The number of halogens is 1. The molecule has 2 rings (SSSR count). The fourth-order valence-electron chi connectivity index (χ4n) is 1.36. The smallest absolute Gasteiger partial charge is 0.171 e. The molecule has 0 spiro atoms. The molecule has 0 unspecified atom stereocenters. The molecule has 18 heavy (non-hydrogen) atoms. The van der Waals surface area contributed by atoms with Crippen molar-refractivity contribution in [1.82, 2.24) is 4.98 Å². The number of amidine groups is 1. The number of oxime groups is 1. The van der Waals surface area contributed by atoms with E-state index in [1.807, 2.05) is 0 Å². The second-order valence-electron chi connectivity index (χ2n) is 3.41. The predicted molar refractivity (Wildman–Crippen MR) is 67.3 cm³/mol. The van der Waals surface area contributed by atoms with E-state index in [4.69, 9.17) is 10.9 Å². The van der Waals surface area contributed by atoms with Gasteiger partial charge >= 0.3 is 0 Å². The van der Waals surface area contributed by atoms with Crippen molar-refractivity contribution in [1.29, 1.82) is 0 Å². The van der Waals surface area contributed by atoms with Crippen LogP contribution in [0.4, 0.5) is 4.39 Å². The van der Waals surface area contributed by atoms with E-state index in [1.165, 1.54) is 23.9 Å². The highest BCUT2D eigenvalue weighted by Crippen LogP contribution is 2.29. The molecule has 0 atom stereocenters. The van der Waals surface area contributed by atoms with Gasteiger partial charge < -0.3 is 10.9 Å². The predicted octanol–water partition coefficient (Wildman–Crippen LogP) is 2.47. The number of hydrogen-bond donors (Lipinski definition) is 2. The molecule has 0 radical (unpaired) electrons. The lowest BCUT2D eigenvalue weighted by Gasteiger charge is -2.06. The highest BCUT2D eigenvalue weighted by molar-refractivity contribution is 7.99. The lowest BCUT2D eigenvalue weighted by atomic mass is 10.2. The first-order chi connectivity index (χ1) is 8.70. The van der Waals surface area contributed by atoms with Crippen molar-refractivity contribution < 1.29 is 9.60 Å². The van der Waals surface area contributed by atoms with Crippen LogP contribution in [0.1, 0.15) is 5.56 Å². The summed E-state index contributed by atoms with van der Waals surface area (Å²) >= 11 is 1.37. The molecule has 0 aliphatic heterocycles. The van der Waals surface area contributed by atoms with Gasteiger partial charge in [0.1, 0.15) is 5.82 Å². The Hall–Kier alpha value is -2.08. The van der Waals surface area contributed by atoms with Gasteiger partial charge in [0.25, 0.3) is 0 Å². The van der Waals surface area contributed by atoms with Crippen LogP contribution in [0.15, 0.2) is 57.7 Å². The Balaban J connectivity index is 2.32. The fourth-order valence-corrected chi connectivity index (χ4v) is 2.28. The van der Waals surface area contributed by atoms with Crippen LogP contribution in [0, 0.1) is 5.82 Å². The monoisotopic (exact) mass is 263 g/mol. The van der Waals surface area contributed by atoms with Crippen LogP contribution in [0.2, 0.25) is 0 Å². The number of nitrogens with two attached hydrogens (primary N) is 1. The van der Waals surface area contributed by atoms with E-state index in [0.717, 1.165) is 9.79 Å². The molecule has 0 saturated heterocycles. The Bertz CT molecular complexity index is 572. The van der Waals surface area contributed by atoms with Gasteiger partial charge in [0.15, 0.2) is 5.84 Å². The first-order valence-corrected chi connectivity index (χ1v) is 5.87. The Kier molecular flexibility index (Phi) is 3.78. The third-order valence-corrected chi connectivity index (χ3v) is 3.26. The highest BCUT2D eigenvalue weighted by Gasteiger charge is 2.08. The summed E-state index contributed by atoms with van der Waals surface area (Å²) in [5.74, 6) is -0.274. The topological polar surface area (TPSA) is 71.5 Å². The molecule has 0 fully saturated rings. The summed E-state index contributed by atoms with van der Waals surface area (Å²) in [5.41, 5.74) is 6.16. The summed E-state index contributed by atoms with van der Waals surface area (Å²) < 4.78 is 12.8. The zero-order valence-electron chi connectivity index (χ0n) is 9.25. The number of rotatable bonds is 3. The maximum absolute atomic E-state index is 12.8. The Morgan fingerprint density at radius 3 is 2.67 bits per heavy atom. The van der Waals surface area contributed by atoms with Crippen molar-refractivity contribution in [3.8, 4) is 0 Å².